The highest BCUT2D eigenvalue weighted by atomic mass is 16.2. The molecular formula is C21H25N4O+. The van der Waals surface area contributed by atoms with Gasteiger partial charge in [-0.2, -0.15) is 0 Å². The van der Waals surface area contributed by atoms with Crippen LogP contribution in [0, 0.1) is 0 Å². The molecule has 5 heteroatoms. The number of anilines is 2. The third kappa shape index (κ3) is 4.37. The number of carbonyl (C=O) groups is 1. The van der Waals surface area contributed by atoms with Crippen molar-refractivity contribution in [1.82, 2.24) is 4.98 Å². The Bertz CT molecular complexity index is 893. The Morgan fingerprint density at radius 1 is 1.08 bits per heavy atom. The van der Waals surface area contributed by atoms with E-state index in [0.717, 1.165) is 33.9 Å². The number of quaternary nitrogens is 1. The van der Waals surface area contributed by atoms with Crippen molar-refractivity contribution in [3.05, 3.63) is 66.2 Å². The number of hydrogen-bond acceptors (Lipinski definition) is 3. The van der Waals surface area contributed by atoms with Crippen LogP contribution in [0.15, 0.2) is 60.7 Å². The second-order valence-electron chi connectivity index (χ2n) is 6.78. The predicted molar refractivity (Wildman–Crippen MR) is 107 cm³/mol. The summed E-state index contributed by atoms with van der Waals surface area (Å²) >= 11 is 0. The largest absolute Gasteiger partial charge is 0.363 e. The Morgan fingerprint density at radius 2 is 1.77 bits per heavy atom. The summed E-state index contributed by atoms with van der Waals surface area (Å²) in [6.45, 7) is 1.22. The Labute approximate surface area is 154 Å². The molecule has 2 N–H and O–H groups in total. The Balaban J connectivity index is 1.74. The highest BCUT2D eigenvalue weighted by molar-refractivity contribution is 6.02. The Morgan fingerprint density at radius 3 is 2.50 bits per heavy atom. The number of rotatable bonds is 6. The maximum atomic E-state index is 12.6. The smallest absolute Gasteiger partial charge is 0.279 e. The van der Waals surface area contributed by atoms with Gasteiger partial charge < -0.3 is 15.1 Å². The van der Waals surface area contributed by atoms with Crippen molar-refractivity contribution in [1.29, 1.82) is 0 Å². The maximum Gasteiger partial charge on any atom is 0.279 e. The summed E-state index contributed by atoms with van der Waals surface area (Å²) in [6, 6.07) is 20.0. The monoisotopic (exact) mass is 349 g/mol. The average molecular weight is 349 g/mol. The van der Waals surface area contributed by atoms with Crippen molar-refractivity contribution in [2.24, 2.45) is 0 Å². The van der Waals surface area contributed by atoms with E-state index >= 15 is 0 Å². The van der Waals surface area contributed by atoms with Gasteiger partial charge in [0, 0.05) is 31.1 Å². The van der Waals surface area contributed by atoms with Gasteiger partial charge in [0.2, 0.25) is 0 Å². The normalized spacial score (nSPS) is 12.0. The molecule has 0 saturated carbocycles. The molecule has 134 valence electrons. The van der Waals surface area contributed by atoms with Gasteiger partial charge in [-0.15, -0.1) is 0 Å². The number of fused-ring (bicyclic) bond motifs is 1. The molecule has 0 bridgehead atoms. The van der Waals surface area contributed by atoms with E-state index in [4.69, 9.17) is 0 Å². The fourth-order valence-electron chi connectivity index (χ4n) is 2.97. The summed E-state index contributed by atoms with van der Waals surface area (Å²) in [5.74, 6) is 0.823. The lowest BCUT2D eigenvalue weighted by molar-refractivity contribution is -0.885. The minimum Gasteiger partial charge on any atom is -0.363 e. The molecule has 0 radical (unpaired) electrons. The molecule has 1 aromatic heterocycles. The van der Waals surface area contributed by atoms with E-state index in [1.54, 1.807) is 0 Å². The maximum absolute atomic E-state index is 12.6. The summed E-state index contributed by atoms with van der Waals surface area (Å²) in [5.41, 5.74) is 2.90. The van der Waals surface area contributed by atoms with Crippen LogP contribution in [0.2, 0.25) is 0 Å². The second kappa shape index (κ2) is 7.97. The molecule has 1 amide bonds. The number of amides is 1. The molecule has 3 aromatic rings. The van der Waals surface area contributed by atoms with E-state index in [-0.39, 0.29) is 5.91 Å². The lowest BCUT2D eigenvalue weighted by Gasteiger charge is -2.17. The summed E-state index contributed by atoms with van der Waals surface area (Å²) in [5, 5.41) is 4.02. The molecule has 1 heterocycles. The summed E-state index contributed by atoms with van der Waals surface area (Å²) in [7, 11) is 5.92. The van der Waals surface area contributed by atoms with Crippen molar-refractivity contribution < 1.29 is 9.69 Å². The quantitative estimate of drug-likeness (QED) is 0.715. The van der Waals surface area contributed by atoms with Gasteiger partial charge in [0.15, 0.2) is 6.54 Å². The van der Waals surface area contributed by atoms with Gasteiger partial charge in [-0.25, -0.2) is 4.98 Å². The van der Waals surface area contributed by atoms with E-state index in [2.05, 4.69) is 22.4 Å². The van der Waals surface area contributed by atoms with Crippen molar-refractivity contribution in [2.45, 2.75) is 6.54 Å². The Hall–Kier alpha value is -2.92. The van der Waals surface area contributed by atoms with E-state index in [1.165, 1.54) is 5.56 Å². The van der Waals surface area contributed by atoms with E-state index in [0.29, 0.717) is 6.54 Å². The number of nitrogens with one attached hydrogen (secondary N) is 2. The standard InChI is InChI=1S/C21H24N4O/c1-24(2)20-13-19(17-11-7-8-12-18(17)22-20)23-21(26)15-25(3)14-16-9-5-4-6-10-16/h4-13H,14-15H2,1-3H3,(H,22,23,26)/p+1. The lowest BCUT2D eigenvalue weighted by Crippen LogP contribution is -3.08. The Kier molecular flexibility index (Phi) is 5.49. The van der Waals surface area contributed by atoms with Crippen molar-refractivity contribution >= 4 is 28.3 Å². The number of aromatic nitrogens is 1. The van der Waals surface area contributed by atoms with E-state index in [9.17, 15) is 4.79 Å². The number of benzene rings is 2. The first-order valence-electron chi connectivity index (χ1n) is 8.75. The fraction of sp³-hybridized carbons (Fsp3) is 0.238. The zero-order valence-corrected chi connectivity index (χ0v) is 15.5. The molecule has 0 aliphatic rings. The van der Waals surface area contributed by atoms with Gasteiger partial charge in [-0.1, -0.05) is 48.5 Å². The third-order valence-corrected chi connectivity index (χ3v) is 4.25. The van der Waals surface area contributed by atoms with Crippen LogP contribution >= 0.6 is 0 Å². The highest BCUT2D eigenvalue weighted by Crippen LogP contribution is 2.26. The number of pyridine rings is 1. The summed E-state index contributed by atoms with van der Waals surface area (Å²) in [4.78, 5) is 20.3. The van der Waals surface area contributed by atoms with Gasteiger partial charge in [0.1, 0.15) is 12.4 Å². The van der Waals surface area contributed by atoms with Gasteiger partial charge in [-0.3, -0.25) is 4.79 Å². The molecular weight excluding hydrogens is 324 g/mol. The van der Waals surface area contributed by atoms with Crippen LogP contribution in [0.1, 0.15) is 5.56 Å². The zero-order valence-electron chi connectivity index (χ0n) is 15.5. The van der Waals surface area contributed by atoms with Crippen LogP contribution < -0.4 is 15.1 Å². The molecule has 0 fully saturated rings. The van der Waals surface area contributed by atoms with Crippen LogP contribution in [0.4, 0.5) is 11.5 Å². The lowest BCUT2D eigenvalue weighted by atomic mass is 10.1. The summed E-state index contributed by atoms with van der Waals surface area (Å²) < 4.78 is 0. The van der Waals surface area contributed by atoms with Crippen LogP contribution in [0.5, 0.6) is 0 Å². The number of para-hydroxylation sites is 1. The second-order valence-corrected chi connectivity index (χ2v) is 6.78. The number of nitrogens with zero attached hydrogens (tertiary/aromatic N) is 2. The average Bonchev–Trinajstić information content (AvgIpc) is 2.62. The van der Waals surface area contributed by atoms with Crippen molar-refractivity contribution in [3.63, 3.8) is 0 Å². The minimum absolute atomic E-state index is 0.000472. The van der Waals surface area contributed by atoms with Gasteiger partial charge in [0.25, 0.3) is 5.91 Å². The van der Waals surface area contributed by atoms with Crippen molar-refractivity contribution in [3.8, 4) is 0 Å². The third-order valence-electron chi connectivity index (χ3n) is 4.25. The molecule has 1 unspecified atom stereocenters. The first-order valence-corrected chi connectivity index (χ1v) is 8.75. The van der Waals surface area contributed by atoms with E-state index < -0.39 is 0 Å². The highest BCUT2D eigenvalue weighted by Gasteiger charge is 2.14. The topological polar surface area (TPSA) is 49.7 Å². The molecule has 0 aliphatic carbocycles. The predicted octanol–water partition coefficient (Wildman–Crippen LogP) is 1.95. The van der Waals surface area contributed by atoms with Gasteiger partial charge >= 0.3 is 0 Å². The number of likely N-dealkylation sites (N-methyl/N-ethyl adjacent to an activating group) is 1. The van der Waals surface area contributed by atoms with Crippen molar-refractivity contribution in [2.75, 3.05) is 37.9 Å². The molecule has 1 atom stereocenters. The number of carbonyl (C=O) groups excluding carboxylic acids is 1. The van der Waals surface area contributed by atoms with Crippen LogP contribution in [-0.4, -0.2) is 38.6 Å². The zero-order chi connectivity index (χ0) is 18.5. The molecule has 5 nitrogen and oxygen atoms in total. The molecule has 0 spiro atoms. The van der Waals surface area contributed by atoms with Crippen LogP contribution in [0.3, 0.4) is 0 Å². The molecule has 26 heavy (non-hydrogen) atoms. The first kappa shape index (κ1) is 17.9. The number of hydrogen-bond donors (Lipinski definition) is 2. The summed E-state index contributed by atoms with van der Waals surface area (Å²) in [6.07, 6.45) is 0. The molecule has 2 aromatic carbocycles. The minimum atomic E-state index is -0.000472. The molecule has 0 aliphatic heterocycles. The fourth-order valence-corrected chi connectivity index (χ4v) is 2.97. The van der Waals surface area contributed by atoms with Crippen LogP contribution in [-0.2, 0) is 11.3 Å². The molecule has 0 saturated heterocycles. The van der Waals surface area contributed by atoms with Crippen LogP contribution in [0.25, 0.3) is 10.9 Å². The van der Waals surface area contributed by atoms with Gasteiger partial charge in [-0.05, 0) is 6.07 Å². The first-order chi connectivity index (χ1) is 12.5. The SMILES string of the molecule is CN(C)c1cc(NC(=O)C[NH+](C)Cc2ccccc2)c2ccccc2n1. The molecule has 3 rings (SSSR count). The van der Waals surface area contributed by atoms with E-state index in [1.807, 2.05) is 74.6 Å². The van der Waals surface area contributed by atoms with Gasteiger partial charge in [0.05, 0.1) is 18.3 Å².